The van der Waals surface area contributed by atoms with Crippen molar-refractivity contribution in [2.75, 3.05) is 0 Å². The first-order chi connectivity index (χ1) is 9.88. The summed E-state index contributed by atoms with van der Waals surface area (Å²) in [5.41, 5.74) is -3.84. The van der Waals surface area contributed by atoms with E-state index in [9.17, 15) is 23.1 Å². The molecule has 3 nitrogen and oxygen atoms in total. The second kappa shape index (κ2) is 6.28. The Morgan fingerprint density at radius 2 is 1.68 bits per heavy atom. The number of halogens is 3. The summed E-state index contributed by atoms with van der Waals surface area (Å²) in [5, 5.41) is 12.6. The summed E-state index contributed by atoms with van der Waals surface area (Å²) in [6.45, 7) is 7.31. The maximum absolute atomic E-state index is 13.3. The molecule has 0 saturated heterocycles. The molecule has 1 aromatic rings. The van der Waals surface area contributed by atoms with Gasteiger partial charge >= 0.3 is 6.18 Å². The minimum Gasteiger partial charge on any atom is -0.376 e. The Bertz CT molecular complexity index is 508. The van der Waals surface area contributed by atoms with Gasteiger partial charge in [-0.15, -0.1) is 0 Å². The molecule has 1 rings (SSSR count). The van der Waals surface area contributed by atoms with Crippen LogP contribution in [-0.2, 0) is 10.4 Å². The molecule has 0 bridgehead atoms. The van der Waals surface area contributed by atoms with Crippen molar-refractivity contribution in [3.8, 4) is 0 Å². The van der Waals surface area contributed by atoms with E-state index in [2.05, 4.69) is 5.32 Å². The molecule has 1 amide bonds. The van der Waals surface area contributed by atoms with E-state index in [1.165, 1.54) is 12.1 Å². The number of nitrogens with one attached hydrogen (secondary N) is 1. The van der Waals surface area contributed by atoms with Gasteiger partial charge in [-0.3, -0.25) is 4.79 Å². The highest BCUT2D eigenvalue weighted by Crippen LogP contribution is 2.41. The topological polar surface area (TPSA) is 49.3 Å². The molecule has 0 unspecified atom stereocenters. The fourth-order valence-electron chi connectivity index (χ4n) is 1.82. The number of amides is 1. The van der Waals surface area contributed by atoms with Gasteiger partial charge in [0.15, 0.2) is 5.60 Å². The van der Waals surface area contributed by atoms with Crippen molar-refractivity contribution in [1.82, 2.24) is 5.32 Å². The van der Waals surface area contributed by atoms with E-state index in [-0.39, 0.29) is 17.0 Å². The Balaban J connectivity index is 3.00. The van der Waals surface area contributed by atoms with Gasteiger partial charge in [0, 0.05) is 6.04 Å². The zero-order valence-corrected chi connectivity index (χ0v) is 13.2. The molecule has 6 heteroatoms. The third kappa shape index (κ3) is 4.22. The SMILES string of the molecule is C[C@H](NC(=O)C[C@@](O)(c1ccccc1)C(F)(F)F)C(C)(C)C. The van der Waals surface area contributed by atoms with Crippen LogP contribution >= 0.6 is 0 Å². The van der Waals surface area contributed by atoms with E-state index in [1.54, 1.807) is 13.0 Å². The van der Waals surface area contributed by atoms with Gasteiger partial charge in [-0.25, -0.2) is 0 Å². The minimum absolute atomic E-state index is 0.293. The van der Waals surface area contributed by atoms with Gasteiger partial charge in [-0.1, -0.05) is 51.1 Å². The molecule has 22 heavy (non-hydrogen) atoms. The maximum Gasteiger partial charge on any atom is 0.421 e. The molecule has 0 aliphatic rings. The lowest BCUT2D eigenvalue weighted by atomic mass is 9.86. The van der Waals surface area contributed by atoms with Crippen LogP contribution in [0.4, 0.5) is 13.2 Å². The van der Waals surface area contributed by atoms with E-state index in [0.717, 1.165) is 12.1 Å². The van der Waals surface area contributed by atoms with E-state index in [1.807, 2.05) is 20.8 Å². The summed E-state index contributed by atoms with van der Waals surface area (Å²) in [4.78, 5) is 12.0. The van der Waals surface area contributed by atoms with Crippen LogP contribution in [0.1, 0.15) is 39.7 Å². The van der Waals surface area contributed by atoms with Crippen LogP contribution in [0, 0.1) is 5.41 Å². The lowest BCUT2D eigenvalue weighted by Gasteiger charge is -2.33. The molecule has 0 heterocycles. The first kappa shape index (κ1) is 18.5. The predicted octanol–water partition coefficient (Wildman–Crippen LogP) is 3.38. The summed E-state index contributed by atoms with van der Waals surface area (Å²) in [5.74, 6) is -0.842. The van der Waals surface area contributed by atoms with Crippen molar-refractivity contribution in [1.29, 1.82) is 0 Å². The fraction of sp³-hybridized carbons (Fsp3) is 0.562. The van der Waals surface area contributed by atoms with Crippen LogP contribution in [0.2, 0.25) is 0 Å². The zero-order chi connectivity index (χ0) is 17.2. The molecule has 124 valence electrons. The van der Waals surface area contributed by atoms with Crippen molar-refractivity contribution < 1.29 is 23.1 Å². The normalized spacial score (nSPS) is 16.7. The van der Waals surface area contributed by atoms with Crippen molar-refractivity contribution in [3.05, 3.63) is 35.9 Å². The predicted molar refractivity (Wildman–Crippen MR) is 78.1 cm³/mol. The Morgan fingerprint density at radius 1 is 1.18 bits per heavy atom. The highest BCUT2D eigenvalue weighted by atomic mass is 19.4. The second-order valence-corrected chi connectivity index (χ2v) is 6.56. The van der Waals surface area contributed by atoms with Crippen LogP contribution in [0.25, 0.3) is 0 Å². The van der Waals surface area contributed by atoms with Gasteiger partial charge in [0.1, 0.15) is 0 Å². The number of alkyl halides is 3. The second-order valence-electron chi connectivity index (χ2n) is 6.56. The molecule has 0 aromatic heterocycles. The molecule has 0 spiro atoms. The van der Waals surface area contributed by atoms with E-state index < -0.39 is 24.1 Å². The molecule has 2 N–H and O–H groups in total. The number of hydrogen-bond donors (Lipinski definition) is 2. The van der Waals surface area contributed by atoms with Crippen LogP contribution in [-0.4, -0.2) is 23.2 Å². The molecule has 0 radical (unpaired) electrons. The van der Waals surface area contributed by atoms with E-state index >= 15 is 0 Å². The molecule has 2 atom stereocenters. The molecule has 0 aliphatic carbocycles. The quantitative estimate of drug-likeness (QED) is 0.894. The highest BCUT2D eigenvalue weighted by molar-refractivity contribution is 5.77. The third-order valence-electron chi connectivity index (χ3n) is 3.81. The number of rotatable bonds is 4. The molecular formula is C16H22F3NO2. The summed E-state index contributed by atoms with van der Waals surface area (Å²) >= 11 is 0. The lowest BCUT2D eigenvalue weighted by molar-refractivity contribution is -0.267. The smallest absolute Gasteiger partial charge is 0.376 e. The van der Waals surface area contributed by atoms with Crippen LogP contribution in [0.3, 0.4) is 0 Å². The zero-order valence-electron chi connectivity index (χ0n) is 13.2. The average molecular weight is 317 g/mol. The molecule has 0 fully saturated rings. The van der Waals surface area contributed by atoms with Crippen molar-refractivity contribution in [3.63, 3.8) is 0 Å². The molecule has 1 aromatic carbocycles. The van der Waals surface area contributed by atoms with Gasteiger partial charge in [-0.2, -0.15) is 13.2 Å². The fourth-order valence-corrected chi connectivity index (χ4v) is 1.82. The largest absolute Gasteiger partial charge is 0.421 e. The Kier molecular flexibility index (Phi) is 5.28. The Labute approximate surface area is 128 Å². The van der Waals surface area contributed by atoms with Gasteiger partial charge in [-0.05, 0) is 17.9 Å². The van der Waals surface area contributed by atoms with Gasteiger partial charge < -0.3 is 10.4 Å². The average Bonchev–Trinajstić information content (AvgIpc) is 2.37. The standard InChI is InChI=1S/C16H22F3NO2/c1-11(14(2,3)4)20-13(21)10-15(22,16(17,18)19)12-8-6-5-7-9-12/h5-9,11,22H,10H2,1-4H3,(H,20,21)/t11-,15+/m0/s1. The van der Waals surface area contributed by atoms with Crippen LogP contribution < -0.4 is 5.32 Å². The third-order valence-corrected chi connectivity index (χ3v) is 3.81. The molecular weight excluding hydrogens is 295 g/mol. The van der Waals surface area contributed by atoms with Crippen molar-refractivity contribution in [2.24, 2.45) is 5.41 Å². The summed E-state index contributed by atoms with van der Waals surface area (Å²) in [6, 6.07) is 6.32. The summed E-state index contributed by atoms with van der Waals surface area (Å²) in [7, 11) is 0. The van der Waals surface area contributed by atoms with Gasteiger partial charge in [0.2, 0.25) is 5.91 Å². The van der Waals surface area contributed by atoms with Crippen molar-refractivity contribution >= 4 is 5.91 Å². The number of aliphatic hydroxyl groups is 1. The van der Waals surface area contributed by atoms with Crippen molar-refractivity contribution in [2.45, 2.75) is 51.9 Å². The van der Waals surface area contributed by atoms with E-state index in [0.29, 0.717) is 0 Å². The maximum atomic E-state index is 13.3. The number of carbonyl (C=O) groups excluding carboxylic acids is 1. The minimum atomic E-state index is -4.95. The van der Waals surface area contributed by atoms with E-state index in [4.69, 9.17) is 0 Å². The summed E-state index contributed by atoms with van der Waals surface area (Å²) < 4.78 is 39.9. The first-order valence-electron chi connectivity index (χ1n) is 7.02. The van der Waals surface area contributed by atoms with Gasteiger partial charge in [0.05, 0.1) is 6.42 Å². The van der Waals surface area contributed by atoms with Gasteiger partial charge in [0.25, 0.3) is 0 Å². The Morgan fingerprint density at radius 3 is 2.09 bits per heavy atom. The molecule has 0 saturated carbocycles. The number of benzene rings is 1. The van der Waals surface area contributed by atoms with Crippen LogP contribution in [0.15, 0.2) is 30.3 Å². The number of hydrogen-bond acceptors (Lipinski definition) is 2. The van der Waals surface area contributed by atoms with Crippen LogP contribution in [0.5, 0.6) is 0 Å². The highest BCUT2D eigenvalue weighted by Gasteiger charge is 2.56. The summed E-state index contributed by atoms with van der Waals surface area (Å²) in [6.07, 6.45) is -6.02. The number of carbonyl (C=O) groups is 1. The first-order valence-corrected chi connectivity index (χ1v) is 7.02. The Hall–Kier alpha value is -1.56. The molecule has 0 aliphatic heterocycles. The lowest BCUT2D eigenvalue weighted by Crippen LogP contribution is -2.49. The monoisotopic (exact) mass is 317 g/mol.